The van der Waals surface area contributed by atoms with Crippen molar-refractivity contribution >= 4 is 27.4 Å². The van der Waals surface area contributed by atoms with E-state index in [0.717, 1.165) is 35.4 Å². The summed E-state index contributed by atoms with van der Waals surface area (Å²) in [6, 6.07) is 12.4. The Hall–Kier alpha value is -2.41. The number of aromatic nitrogens is 3. The summed E-state index contributed by atoms with van der Waals surface area (Å²) in [6.07, 6.45) is 2.82. The van der Waals surface area contributed by atoms with E-state index in [9.17, 15) is 0 Å². The van der Waals surface area contributed by atoms with Crippen LogP contribution in [0, 0.1) is 6.92 Å². The largest absolute Gasteiger partial charge is 0.368 e. The summed E-state index contributed by atoms with van der Waals surface area (Å²) in [4.78, 5) is 11.2. The third kappa shape index (κ3) is 3.37. The summed E-state index contributed by atoms with van der Waals surface area (Å²) in [7, 11) is 0. The molecule has 1 aromatic carbocycles. The molecule has 0 amide bonds. The van der Waals surface area contributed by atoms with Crippen molar-refractivity contribution in [1.82, 2.24) is 15.1 Å². The van der Waals surface area contributed by atoms with Crippen LogP contribution in [0.2, 0.25) is 0 Å². The lowest BCUT2D eigenvalue weighted by molar-refractivity contribution is 0.425. The molecule has 3 aromatic rings. The van der Waals surface area contributed by atoms with Crippen LogP contribution in [0.3, 0.4) is 0 Å². The number of nitrogens with one attached hydrogen (secondary N) is 1. The number of pyridine rings is 1. The van der Waals surface area contributed by atoms with Crippen molar-refractivity contribution in [2.45, 2.75) is 19.4 Å². The molecule has 1 atom stereocenters. The Morgan fingerprint density at radius 2 is 2.12 bits per heavy atom. The van der Waals surface area contributed by atoms with Crippen molar-refractivity contribution in [2.75, 3.05) is 23.3 Å². The SMILES string of the molecule is Cc1noc(-c2cccnc2NC2CCN(c3ccccc3Br)C2)n1. The molecule has 2 aromatic heterocycles. The minimum Gasteiger partial charge on any atom is -0.368 e. The normalized spacial score (nSPS) is 17.0. The van der Waals surface area contributed by atoms with Crippen molar-refractivity contribution in [1.29, 1.82) is 0 Å². The standard InChI is InChI=1S/C18H18BrN5O/c1-12-21-18(25-23-12)14-5-4-9-20-17(14)22-13-8-10-24(11-13)16-7-3-2-6-15(16)19/h2-7,9,13H,8,10-11H2,1H3,(H,20,22). The summed E-state index contributed by atoms with van der Waals surface area (Å²) < 4.78 is 6.42. The van der Waals surface area contributed by atoms with Crippen LogP contribution in [-0.2, 0) is 0 Å². The number of nitrogens with zero attached hydrogens (tertiary/aromatic N) is 4. The third-order valence-electron chi connectivity index (χ3n) is 4.29. The highest BCUT2D eigenvalue weighted by Gasteiger charge is 2.25. The summed E-state index contributed by atoms with van der Waals surface area (Å²) in [5, 5.41) is 7.41. The van der Waals surface area contributed by atoms with Crippen molar-refractivity contribution in [3.63, 3.8) is 0 Å². The van der Waals surface area contributed by atoms with E-state index in [4.69, 9.17) is 4.52 Å². The molecular weight excluding hydrogens is 382 g/mol. The van der Waals surface area contributed by atoms with Crippen LogP contribution in [0.4, 0.5) is 11.5 Å². The highest BCUT2D eigenvalue weighted by molar-refractivity contribution is 9.10. The Balaban J connectivity index is 1.52. The lowest BCUT2D eigenvalue weighted by Crippen LogP contribution is -2.26. The number of halogens is 1. The molecule has 1 unspecified atom stereocenters. The second kappa shape index (κ2) is 6.84. The summed E-state index contributed by atoms with van der Waals surface area (Å²) in [6.45, 7) is 3.73. The van der Waals surface area contributed by atoms with Crippen molar-refractivity contribution in [3.8, 4) is 11.5 Å². The number of rotatable bonds is 4. The number of aryl methyl sites for hydroxylation is 1. The smallest absolute Gasteiger partial charge is 0.261 e. The molecule has 25 heavy (non-hydrogen) atoms. The van der Waals surface area contributed by atoms with Gasteiger partial charge in [-0.2, -0.15) is 4.98 Å². The van der Waals surface area contributed by atoms with Crippen molar-refractivity contribution in [3.05, 3.63) is 52.9 Å². The molecule has 1 fully saturated rings. The predicted octanol–water partition coefficient (Wildman–Crippen LogP) is 3.89. The van der Waals surface area contributed by atoms with E-state index in [1.54, 1.807) is 6.20 Å². The van der Waals surface area contributed by atoms with E-state index in [1.165, 1.54) is 5.69 Å². The molecule has 0 radical (unpaired) electrons. The van der Waals surface area contributed by atoms with Crippen molar-refractivity contribution in [2.24, 2.45) is 0 Å². The number of para-hydroxylation sites is 1. The van der Waals surface area contributed by atoms with E-state index in [0.29, 0.717) is 17.8 Å². The maximum Gasteiger partial charge on any atom is 0.261 e. The second-order valence-corrected chi connectivity index (χ2v) is 6.93. The Bertz CT molecular complexity index is 881. The van der Waals surface area contributed by atoms with Gasteiger partial charge in [0.2, 0.25) is 0 Å². The van der Waals surface area contributed by atoms with Gasteiger partial charge in [0.05, 0.1) is 11.3 Å². The average Bonchev–Trinajstić information content (AvgIpc) is 3.25. The van der Waals surface area contributed by atoms with Gasteiger partial charge < -0.3 is 14.7 Å². The topological polar surface area (TPSA) is 67.1 Å². The van der Waals surface area contributed by atoms with Gasteiger partial charge in [0, 0.05) is 29.8 Å². The lowest BCUT2D eigenvalue weighted by Gasteiger charge is -2.21. The molecular formula is C18H18BrN5O. The molecule has 3 heterocycles. The number of benzene rings is 1. The predicted molar refractivity (Wildman–Crippen MR) is 101 cm³/mol. The van der Waals surface area contributed by atoms with Crippen molar-refractivity contribution < 1.29 is 4.52 Å². The lowest BCUT2D eigenvalue weighted by atomic mass is 10.2. The molecule has 1 N–H and O–H groups in total. The van der Waals surface area contributed by atoms with Gasteiger partial charge in [0.25, 0.3) is 5.89 Å². The third-order valence-corrected chi connectivity index (χ3v) is 4.96. The fourth-order valence-corrected chi connectivity index (χ4v) is 3.63. The molecule has 0 saturated carbocycles. The van der Waals surface area contributed by atoms with Crippen LogP contribution in [0.5, 0.6) is 0 Å². The summed E-state index contributed by atoms with van der Waals surface area (Å²) in [5.41, 5.74) is 2.06. The van der Waals surface area contributed by atoms with Gasteiger partial charge in [-0.25, -0.2) is 4.98 Å². The van der Waals surface area contributed by atoms with E-state index < -0.39 is 0 Å². The van der Waals surface area contributed by atoms with Crippen LogP contribution < -0.4 is 10.2 Å². The first-order chi connectivity index (χ1) is 12.2. The van der Waals surface area contributed by atoms with Crippen LogP contribution in [-0.4, -0.2) is 34.3 Å². The van der Waals surface area contributed by atoms with Gasteiger partial charge in [0.15, 0.2) is 5.82 Å². The van der Waals surface area contributed by atoms with Gasteiger partial charge in [-0.05, 0) is 53.5 Å². The zero-order valence-electron chi connectivity index (χ0n) is 13.8. The van der Waals surface area contributed by atoms with E-state index in [1.807, 2.05) is 25.1 Å². The second-order valence-electron chi connectivity index (χ2n) is 6.07. The molecule has 6 nitrogen and oxygen atoms in total. The van der Waals surface area contributed by atoms with Gasteiger partial charge >= 0.3 is 0 Å². The van der Waals surface area contributed by atoms with Crippen LogP contribution >= 0.6 is 15.9 Å². The van der Waals surface area contributed by atoms with Gasteiger partial charge in [-0.1, -0.05) is 17.3 Å². The molecule has 1 saturated heterocycles. The highest BCUT2D eigenvalue weighted by atomic mass is 79.9. The highest BCUT2D eigenvalue weighted by Crippen LogP contribution is 2.31. The Kier molecular flexibility index (Phi) is 4.40. The first kappa shape index (κ1) is 16.1. The fraction of sp³-hybridized carbons (Fsp3) is 0.278. The molecule has 1 aliphatic rings. The number of hydrogen-bond acceptors (Lipinski definition) is 6. The maximum atomic E-state index is 5.30. The number of hydrogen-bond donors (Lipinski definition) is 1. The Labute approximate surface area is 154 Å². The van der Waals surface area contributed by atoms with Gasteiger partial charge in [-0.3, -0.25) is 0 Å². The first-order valence-electron chi connectivity index (χ1n) is 8.22. The quantitative estimate of drug-likeness (QED) is 0.717. The molecule has 4 rings (SSSR count). The monoisotopic (exact) mass is 399 g/mol. The summed E-state index contributed by atoms with van der Waals surface area (Å²) >= 11 is 3.64. The minimum absolute atomic E-state index is 0.310. The van der Waals surface area contributed by atoms with Crippen LogP contribution in [0.15, 0.2) is 51.6 Å². The molecule has 0 spiro atoms. The fourth-order valence-electron chi connectivity index (χ4n) is 3.10. The zero-order valence-corrected chi connectivity index (χ0v) is 15.4. The molecule has 0 aliphatic carbocycles. The van der Waals surface area contributed by atoms with Gasteiger partial charge in [0.1, 0.15) is 5.82 Å². The first-order valence-corrected chi connectivity index (χ1v) is 9.02. The van der Waals surface area contributed by atoms with Crippen LogP contribution in [0.25, 0.3) is 11.5 Å². The Morgan fingerprint density at radius 3 is 2.92 bits per heavy atom. The Morgan fingerprint density at radius 1 is 1.24 bits per heavy atom. The van der Waals surface area contributed by atoms with Crippen LogP contribution in [0.1, 0.15) is 12.2 Å². The summed E-state index contributed by atoms with van der Waals surface area (Å²) in [5.74, 6) is 1.89. The maximum absolute atomic E-state index is 5.30. The molecule has 128 valence electrons. The van der Waals surface area contributed by atoms with E-state index in [2.05, 4.69) is 59.5 Å². The van der Waals surface area contributed by atoms with E-state index >= 15 is 0 Å². The molecule has 1 aliphatic heterocycles. The van der Waals surface area contributed by atoms with Gasteiger partial charge in [-0.15, -0.1) is 0 Å². The molecule has 0 bridgehead atoms. The average molecular weight is 400 g/mol. The van der Waals surface area contributed by atoms with E-state index in [-0.39, 0.29) is 0 Å². The number of anilines is 2. The minimum atomic E-state index is 0.310. The zero-order chi connectivity index (χ0) is 17.2. The molecule has 7 heteroatoms.